The second-order valence-corrected chi connectivity index (χ2v) is 6.16. The molecule has 0 saturated carbocycles. The Morgan fingerprint density at radius 2 is 2.10 bits per heavy atom. The molecule has 110 valence electrons. The molecule has 20 heavy (non-hydrogen) atoms. The van der Waals surface area contributed by atoms with Crippen LogP contribution in [0, 0.1) is 0 Å². The van der Waals surface area contributed by atoms with Gasteiger partial charge in [-0.25, -0.2) is 9.78 Å². The van der Waals surface area contributed by atoms with Gasteiger partial charge in [0.2, 0.25) is 0 Å². The van der Waals surface area contributed by atoms with Gasteiger partial charge in [-0.1, -0.05) is 6.07 Å². The van der Waals surface area contributed by atoms with Gasteiger partial charge in [0.25, 0.3) is 0 Å². The molecule has 1 atom stereocenters. The van der Waals surface area contributed by atoms with Gasteiger partial charge in [-0.2, -0.15) is 0 Å². The molecule has 2 rings (SSSR count). The van der Waals surface area contributed by atoms with E-state index in [1.807, 2.05) is 39.0 Å². The fourth-order valence-corrected chi connectivity index (χ4v) is 2.31. The average Bonchev–Trinajstić information content (AvgIpc) is 2.37. The molecular formula is C15H23N3O2. The predicted octanol–water partition coefficient (Wildman–Crippen LogP) is 2.53. The first-order valence-corrected chi connectivity index (χ1v) is 7.02. The van der Waals surface area contributed by atoms with Crippen LogP contribution in [-0.4, -0.2) is 47.3 Å². The highest BCUT2D eigenvalue weighted by molar-refractivity contribution is 5.68. The minimum atomic E-state index is -0.446. The molecule has 0 unspecified atom stereocenters. The number of aromatic nitrogens is 1. The monoisotopic (exact) mass is 277 g/mol. The van der Waals surface area contributed by atoms with Gasteiger partial charge in [0.1, 0.15) is 11.4 Å². The number of ether oxygens (including phenoxy) is 1. The summed E-state index contributed by atoms with van der Waals surface area (Å²) in [6, 6.07) is 6.12. The summed E-state index contributed by atoms with van der Waals surface area (Å²) in [6.45, 7) is 9.86. The summed E-state index contributed by atoms with van der Waals surface area (Å²) in [5, 5.41) is 0. The van der Waals surface area contributed by atoms with Crippen LogP contribution in [0.5, 0.6) is 0 Å². The lowest BCUT2D eigenvalue weighted by Crippen LogP contribution is -2.54. The molecule has 0 radical (unpaired) electrons. The van der Waals surface area contributed by atoms with Gasteiger partial charge in [0.05, 0.1) is 0 Å². The lowest BCUT2D eigenvalue weighted by atomic mass is 10.2. The van der Waals surface area contributed by atoms with Crippen LogP contribution in [-0.2, 0) is 4.74 Å². The molecule has 1 fully saturated rings. The molecule has 0 aromatic carbocycles. The van der Waals surface area contributed by atoms with Crippen molar-refractivity contribution >= 4 is 11.9 Å². The SMILES string of the molecule is C[C@@H]1CN(C(=O)OC(C)(C)C)CCN1c1ccccn1. The Morgan fingerprint density at radius 1 is 1.35 bits per heavy atom. The van der Waals surface area contributed by atoms with Gasteiger partial charge in [-0.05, 0) is 39.8 Å². The molecule has 1 aliphatic rings. The standard InChI is InChI=1S/C15H23N3O2/c1-12-11-17(14(19)20-15(2,3)4)9-10-18(12)13-7-5-6-8-16-13/h5-8,12H,9-11H2,1-4H3/t12-/m1/s1. The fourth-order valence-electron chi connectivity index (χ4n) is 2.31. The minimum absolute atomic E-state index is 0.228. The minimum Gasteiger partial charge on any atom is -0.444 e. The quantitative estimate of drug-likeness (QED) is 0.791. The van der Waals surface area contributed by atoms with E-state index in [0.29, 0.717) is 13.1 Å². The summed E-state index contributed by atoms with van der Waals surface area (Å²) in [6.07, 6.45) is 1.56. The van der Waals surface area contributed by atoms with E-state index < -0.39 is 5.60 Å². The van der Waals surface area contributed by atoms with Crippen LogP contribution in [0.25, 0.3) is 0 Å². The van der Waals surface area contributed by atoms with Crippen molar-refractivity contribution in [2.24, 2.45) is 0 Å². The number of amides is 1. The van der Waals surface area contributed by atoms with Crippen molar-refractivity contribution in [2.45, 2.75) is 39.3 Å². The number of carbonyl (C=O) groups is 1. The highest BCUT2D eigenvalue weighted by Crippen LogP contribution is 2.19. The summed E-state index contributed by atoms with van der Waals surface area (Å²) in [5.74, 6) is 0.962. The molecular weight excluding hydrogens is 254 g/mol. The van der Waals surface area contributed by atoms with E-state index in [4.69, 9.17) is 4.74 Å². The highest BCUT2D eigenvalue weighted by atomic mass is 16.6. The average molecular weight is 277 g/mol. The van der Waals surface area contributed by atoms with E-state index in [9.17, 15) is 4.79 Å². The fraction of sp³-hybridized carbons (Fsp3) is 0.600. The zero-order chi connectivity index (χ0) is 14.8. The molecule has 5 heteroatoms. The summed E-state index contributed by atoms with van der Waals surface area (Å²) in [4.78, 5) is 20.4. The molecule has 1 aliphatic heterocycles. The van der Waals surface area contributed by atoms with Crippen molar-refractivity contribution in [3.05, 3.63) is 24.4 Å². The van der Waals surface area contributed by atoms with Crippen molar-refractivity contribution in [3.8, 4) is 0 Å². The van der Waals surface area contributed by atoms with Gasteiger partial charge in [0.15, 0.2) is 0 Å². The predicted molar refractivity (Wildman–Crippen MR) is 78.9 cm³/mol. The molecule has 0 bridgehead atoms. The van der Waals surface area contributed by atoms with Crippen LogP contribution in [0.15, 0.2) is 24.4 Å². The number of carbonyl (C=O) groups excluding carboxylic acids is 1. The summed E-state index contributed by atoms with van der Waals surface area (Å²) in [5.41, 5.74) is -0.446. The van der Waals surface area contributed by atoms with E-state index in [1.165, 1.54) is 0 Å². The van der Waals surface area contributed by atoms with E-state index in [2.05, 4.69) is 16.8 Å². The lowest BCUT2D eigenvalue weighted by Gasteiger charge is -2.40. The maximum Gasteiger partial charge on any atom is 0.410 e. The van der Waals surface area contributed by atoms with Gasteiger partial charge in [-0.15, -0.1) is 0 Å². The van der Waals surface area contributed by atoms with Crippen LogP contribution in [0.1, 0.15) is 27.7 Å². The maximum atomic E-state index is 12.1. The van der Waals surface area contributed by atoms with Crippen LogP contribution in [0.2, 0.25) is 0 Å². The van der Waals surface area contributed by atoms with E-state index in [0.717, 1.165) is 12.4 Å². The molecule has 0 N–H and O–H groups in total. The van der Waals surface area contributed by atoms with E-state index in [1.54, 1.807) is 11.1 Å². The number of hydrogen-bond donors (Lipinski definition) is 0. The molecule has 1 aromatic heterocycles. The number of pyridine rings is 1. The first-order valence-electron chi connectivity index (χ1n) is 7.02. The molecule has 1 aromatic rings. The number of piperazine rings is 1. The first kappa shape index (κ1) is 14.6. The summed E-state index contributed by atoms with van der Waals surface area (Å²) < 4.78 is 5.42. The third-order valence-corrected chi connectivity index (χ3v) is 3.22. The Kier molecular flexibility index (Phi) is 4.16. The van der Waals surface area contributed by atoms with Crippen molar-refractivity contribution in [2.75, 3.05) is 24.5 Å². The van der Waals surface area contributed by atoms with Crippen molar-refractivity contribution < 1.29 is 9.53 Å². The Hall–Kier alpha value is -1.78. The second-order valence-electron chi connectivity index (χ2n) is 6.16. The van der Waals surface area contributed by atoms with Crippen molar-refractivity contribution in [3.63, 3.8) is 0 Å². The molecule has 0 spiro atoms. The molecule has 5 nitrogen and oxygen atoms in total. The third kappa shape index (κ3) is 3.62. The zero-order valence-corrected chi connectivity index (χ0v) is 12.7. The van der Waals surface area contributed by atoms with Gasteiger partial charge in [0, 0.05) is 31.9 Å². The normalized spacial score (nSPS) is 19.9. The Morgan fingerprint density at radius 3 is 2.65 bits per heavy atom. The Bertz CT molecular complexity index is 456. The van der Waals surface area contributed by atoms with E-state index >= 15 is 0 Å². The maximum absolute atomic E-state index is 12.1. The van der Waals surface area contributed by atoms with E-state index in [-0.39, 0.29) is 12.1 Å². The first-order chi connectivity index (χ1) is 9.37. The van der Waals surface area contributed by atoms with Gasteiger partial charge < -0.3 is 14.5 Å². The van der Waals surface area contributed by atoms with Crippen molar-refractivity contribution in [1.29, 1.82) is 0 Å². The molecule has 0 aliphatic carbocycles. The third-order valence-electron chi connectivity index (χ3n) is 3.22. The topological polar surface area (TPSA) is 45.7 Å². The second kappa shape index (κ2) is 5.69. The van der Waals surface area contributed by atoms with Crippen LogP contribution in [0.3, 0.4) is 0 Å². The Labute approximate surface area is 120 Å². The Balaban J connectivity index is 1.97. The lowest BCUT2D eigenvalue weighted by molar-refractivity contribution is 0.0218. The summed E-state index contributed by atoms with van der Waals surface area (Å²) >= 11 is 0. The molecule has 2 heterocycles. The zero-order valence-electron chi connectivity index (χ0n) is 12.7. The highest BCUT2D eigenvalue weighted by Gasteiger charge is 2.30. The van der Waals surface area contributed by atoms with Gasteiger partial charge in [-0.3, -0.25) is 0 Å². The van der Waals surface area contributed by atoms with Crippen molar-refractivity contribution in [1.82, 2.24) is 9.88 Å². The molecule has 1 saturated heterocycles. The van der Waals surface area contributed by atoms with Gasteiger partial charge >= 0.3 is 6.09 Å². The van der Waals surface area contributed by atoms with Crippen LogP contribution < -0.4 is 4.90 Å². The number of anilines is 1. The number of rotatable bonds is 1. The van der Waals surface area contributed by atoms with Crippen LogP contribution in [0.4, 0.5) is 10.6 Å². The molecule has 1 amide bonds. The number of nitrogens with zero attached hydrogens (tertiary/aromatic N) is 3. The largest absolute Gasteiger partial charge is 0.444 e. The smallest absolute Gasteiger partial charge is 0.410 e. The number of hydrogen-bond acceptors (Lipinski definition) is 4. The summed E-state index contributed by atoms with van der Waals surface area (Å²) in [7, 11) is 0. The van der Waals surface area contributed by atoms with Crippen LogP contribution >= 0.6 is 0 Å².